The molecule has 2 aromatic carbocycles. The van der Waals surface area contributed by atoms with Crippen LogP contribution in [0.4, 0.5) is 5.82 Å². The average molecular weight is 415 g/mol. The number of carboxylic acid groups (broad SMARTS) is 1. The number of aromatic nitrogens is 2. The monoisotopic (exact) mass is 415 g/mol. The molecule has 0 aliphatic carbocycles. The van der Waals surface area contributed by atoms with Gasteiger partial charge in [0.2, 0.25) is 0 Å². The summed E-state index contributed by atoms with van der Waals surface area (Å²) >= 11 is 0. The van der Waals surface area contributed by atoms with Gasteiger partial charge in [0.25, 0.3) is 5.91 Å². The number of hydrogen-bond donors (Lipinski definition) is 3. The number of aliphatic carboxylic acids is 1. The Morgan fingerprint density at radius 1 is 1.06 bits per heavy atom. The Morgan fingerprint density at radius 2 is 1.87 bits per heavy atom. The van der Waals surface area contributed by atoms with E-state index in [0.717, 1.165) is 22.0 Å². The summed E-state index contributed by atoms with van der Waals surface area (Å²) in [5.74, 6) is -0.445. The van der Waals surface area contributed by atoms with E-state index in [-0.39, 0.29) is 24.9 Å². The Labute approximate surface area is 178 Å². The third-order valence-electron chi connectivity index (χ3n) is 4.94. The van der Waals surface area contributed by atoms with Gasteiger partial charge in [-0.1, -0.05) is 36.4 Å². The molecule has 0 spiro atoms. The lowest BCUT2D eigenvalue weighted by Crippen LogP contribution is -2.20. The second-order valence-electron chi connectivity index (χ2n) is 7.06. The van der Waals surface area contributed by atoms with Crippen LogP contribution in [0.5, 0.6) is 5.75 Å². The predicted molar refractivity (Wildman–Crippen MR) is 117 cm³/mol. The van der Waals surface area contributed by atoms with Gasteiger partial charge in [-0.05, 0) is 35.4 Å². The van der Waals surface area contributed by atoms with E-state index in [0.29, 0.717) is 11.6 Å². The molecule has 1 unspecified atom stereocenters. The number of ether oxygens (including phenoxy) is 1. The number of rotatable bonds is 8. The van der Waals surface area contributed by atoms with Crippen molar-refractivity contribution >= 4 is 28.6 Å². The van der Waals surface area contributed by atoms with E-state index in [2.05, 4.69) is 15.3 Å². The van der Waals surface area contributed by atoms with Crippen LogP contribution in [0, 0.1) is 0 Å². The molecule has 7 heteroatoms. The van der Waals surface area contributed by atoms with Crippen LogP contribution in [0.2, 0.25) is 0 Å². The van der Waals surface area contributed by atoms with Crippen molar-refractivity contribution in [2.45, 2.75) is 12.3 Å². The molecule has 0 saturated heterocycles. The topological polar surface area (TPSA) is 104 Å². The largest absolute Gasteiger partial charge is 0.484 e. The minimum Gasteiger partial charge on any atom is -0.484 e. The molecule has 4 aromatic rings. The van der Waals surface area contributed by atoms with Gasteiger partial charge in [0.15, 0.2) is 6.61 Å². The van der Waals surface area contributed by atoms with Gasteiger partial charge < -0.3 is 20.1 Å². The van der Waals surface area contributed by atoms with Crippen molar-refractivity contribution in [1.82, 2.24) is 9.97 Å². The molecule has 0 aliphatic heterocycles. The van der Waals surface area contributed by atoms with Crippen molar-refractivity contribution in [3.8, 4) is 5.75 Å². The first-order chi connectivity index (χ1) is 15.1. The fraction of sp³-hybridized carbons (Fsp3) is 0.125. The zero-order valence-corrected chi connectivity index (χ0v) is 16.6. The number of benzene rings is 2. The van der Waals surface area contributed by atoms with Gasteiger partial charge in [0, 0.05) is 35.3 Å². The molecule has 0 fully saturated rings. The van der Waals surface area contributed by atoms with Crippen LogP contribution in [0.3, 0.4) is 0 Å². The van der Waals surface area contributed by atoms with Gasteiger partial charge in [-0.25, -0.2) is 4.98 Å². The number of amides is 1. The highest BCUT2D eigenvalue weighted by Crippen LogP contribution is 2.34. The number of nitrogens with one attached hydrogen (secondary N) is 2. The SMILES string of the molecule is O=C(O)CC(c1ccccc1)c1c[nH]c2cc(OCC(=O)Nc3ccccn3)ccc12. The molecule has 1 atom stereocenters. The maximum atomic E-state index is 12.1. The smallest absolute Gasteiger partial charge is 0.304 e. The highest BCUT2D eigenvalue weighted by atomic mass is 16.5. The van der Waals surface area contributed by atoms with Crippen LogP contribution in [-0.4, -0.2) is 33.6 Å². The molecule has 0 saturated carbocycles. The Balaban J connectivity index is 1.50. The Hall–Kier alpha value is -4.13. The van der Waals surface area contributed by atoms with Gasteiger partial charge in [-0.15, -0.1) is 0 Å². The van der Waals surface area contributed by atoms with Gasteiger partial charge in [0.05, 0.1) is 6.42 Å². The fourth-order valence-electron chi connectivity index (χ4n) is 3.54. The molecule has 2 heterocycles. The number of carbonyl (C=O) groups is 2. The Morgan fingerprint density at radius 3 is 2.61 bits per heavy atom. The van der Waals surface area contributed by atoms with E-state index in [1.807, 2.05) is 42.6 Å². The Bertz CT molecular complexity index is 1190. The number of anilines is 1. The van der Waals surface area contributed by atoms with Gasteiger partial charge >= 0.3 is 5.97 Å². The molecule has 3 N–H and O–H groups in total. The number of nitrogens with zero attached hydrogens (tertiary/aromatic N) is 1. The highest BCUT2D eigenvalue weighted by Gasteiger charge is 2.21. The van der Waals surface area contributed by atoms with Crippen molar-refractivity contribution in [3.05, 3.63) is 90.3 Å². The minimum atomic E-state index is -0.859. The summed E-state index contributed by atoms with van der Waals surface area (Å²) in [7, 11) is 0. The van der Waals surface area contributed by atoms with E-state index in [9.17, 15) is 14.7 Å². The number of pyridine rings is 1. The van der Waals surface area contributed by atoms with Crippen LogP contribution in [0.15, 0.2) is 79.1 Å². The quantitative estimate of drug-likeness (QED) is 0.400. The number of hydrogen-bond acceptors (Lipinski definition) is 4. The third-order valence-corrected chi connectivity index (χ3v) is 4.94. The van der Waals surface area contributed by atoms with Crippen molar-refractivity contribution in [2.75, 3.05) is 11.9 Å². The van der Waals surface area contributed by atoms with Crippen molar-refractivity contribution in [2.24, 2.45) is 0 Å². The molecule has 156 valence electrons. The highest BCUT2D eigenvalue weighted by molar-refractivity contribution is 5.91. The lowest BCUT2D eigenvalue weighted by Gasteiger charge is -2.15. The molecule has 0 radical (unpaired) electrons. The molecule has 7 nitrogen and oxygen atoms in total. The number of aromatic amines is 1. The van der Waals surface area contributed by atoms with Crippen molar-refractivity contribution < 1.29 is 19.4 Å². The first-order valence-corrected chi connectivity index (χ1v) is 9.81. The molecule has 1 amide bonds. The Kier molecular flexibility index (Phi) is 5.93. The number of H-pyrrole nitrogens is 1. The molecule has 2 aromatic heterocycles. The predicted octanol–water partition coefficient (Wildman–Crippen LogP) is 4.19. The fourth-order valence-corrected chi connectivity index (χ4v) is 3.54. The van der Waals surface area contributed by atoms with E-state index in [4.69, 9.17) is 4.74 Å². The first kappa shape index (κ1) is 20.2. The van der Waals surface area contributed by atoms with Gasteiger partial charge in [-0.2, -0.15) is 0 Å². The summed E-state index contributed by atoms with van der Waals surface area (Å²) < 4.78 is 5.61. The summed E-state index contributed by atoms with van der Waals surface area (Å²) in [6, 6.07) is 20.3. The van der Waals surface area contributed by atoms with E-state index < -0.39 is 5.97 Å². The number of carbonyl (C=O) groups excluding carboxylic acids is 1. The van der Waals surface area contributed by atoms with Gasteiger partial charge in [-0.3, -0.25) is 9.59 Å². The van der Waals surface area contributed by atoms with Crippen LogP contribution in [0.1, 0.15) is 23.5 Å². The van der Waals surface area contributed by atoms with Crippen molar-refractivity contribution in [1.29, 1.82) is 0 Å². The molecule has 0 bridgehead atoms. The standard InChI is InChI=1S/C24H21N3O4/c28-23(27-22-8-4-5-11-25-22)15-31-17-9-10-18-20(14-26-21(18)12-17)19(13-24(29)30)16-6-2-1-3-7-16/h1-12,14,19,26H,13,15H2,(H,29,30)(H,25,27,28). The second kappa shape index (κ2) is 9.13. The average Bonchev–Trinajstić information content (AvgIpc) is 3.20. The maximum absolute atomic E-state index is 12.1. The summed E-state index contributed by atoms with van der Waals surface area (Å²) in [5, 5.41) is 13.0. The zero-order chi connectivity index (χ0) is 21.6. The zero-order valence-electron chi connectivity index (χ0n) is 16.6. The third kappa shape index (κ3) is 4.90. The maximum Gasteiger partial charge on any atom is 0.304 e. The van der Waals surface area contributed by atoms with Crippen LogP contribution in [0.25, 0.3) is 10.9 Å². The normalized spacial score (nSPS) is 11.7. The van der Waals surface area contributed by atoms with Crippen LogP contribution < -0.4 is 10.1 Å². The molecular formula is C24H21N3O4. The van der Waals surface area contributed by atoms with Crippen molar-refractivity contribution in [3.63, 3.8) is 0 Å². The number of fused-ring (bicyclic) bond motifs is 1. The summed E-state index contributed by atoms with van der Waals surface area (Å²) in [5.41, 5.74) is 2.66. The summed E-state index contributed by atoms with van der Waals surface area (Å²) in [6.07, 6.45) is 3.42. The molecular weight excluding hydrogens is 394 g/mol. The summed E-state index contributed by atoms with van der Waals surface area (Å²) in [6.45, 7) is -0.151. The summed E-state index contributed by atoms with van der Waals surface area (Å²) in [4.78, 5) is 30.8. The second-order valence-corrected chi connectivity index (χ2v) is 7.06. The lowest BCUT2D eigenvalue weighted by molar-refractivity contribution is -0.137. The van der Waals surface area contributed by atoms with Gasteiger partial charge in [0.1, 0.15) is 11.6 Å². The molecule has 31 heavy (non-hydrogen) atoms. The van der Waals surface area contributed by atoms with E-state index >= 15 is 0 Å². The first-order valence-electron chi connectivity index (χ1n) is 9.81. The molecule has 4 rings (SSSR count). The number of carboxylic acids is 1. The molecule has 0 aliphatic rings. The van der Waals surface area contributed by atoms with E-state index in [1.54, 1.807) is 36.5 Å². The lowest BCUT2D eigenvalue weighted by atomic mass is 9.88. The van der Waals surface area contributed by atoms with E-state index in [1.165, 1.54) is 0 Å². The van der Waals surface area contributed by atoms with Crippen LogP contribution in [-0.2, 0) is 9.59 Å². The minimum absolute atomic E-state index is 0.0110. The van der Waals surface area contributed by atoms with Crippen LogP contribution >= 0.6 is 0 Å².